The molecule has 3 nitrogen and oxygen atoms in total. The molecule has 2 heterocycles. The van der Waals surface area contributed by atoms with Crippen molar-refractivity contribution in [3.8, 4) is 0 Å². The smallest absolute Gasteiger partial charge is 0.149 e. The summed E-state index contributed by atoms with van der Waals surface area (Å²) < 4.78 is 5.54. The molecule has 3 heteroatoms. The predicted molar refractivity (Wildman–Crippen MR) is 92.6 cm³/mol. The zero-order valence-corrected chi connectivity index (χ0v) is 12.8. The number of hydrazone groups is 1. The summed E-state index contributed by atoms with van der Waals surface area (Å²) in [6, 6.07) is 25.0. The zero-order chi connectivity index (χ0) is 15.5. The number of rotatable bonds is 3. The first-order valence-electron chi connectivity index (χ1n) is 7.92. The van der Waals surface area contributed by atoms with Gasteiger partial charge in [-0.05, 0) is 42.7 Å². The molecule has 1 unspecified atom stereocenters. The number of hydrogen-bond donors (Lipinski definition) is 0. The molecule has 0 aliphatic carbocycles. The molecular formula is C20H18N2O. The van der Waals surface area contributed by atoms with Crippen molar-refractivity contribution in [1.82, 2.24) is 0 Å². The van der Waals surface area contributed by atoms with Gasteiger partial charge in [-0.25, -0.2) is 0 Å². The minimum absolute atomic E-state index is 0.248. The van der Waals surface area contributed by atoms with Gasteiger partial charge in [0.05, 0.1) is 18.0 Å². The van der Waals surface area contributed by atoms with E-state index in [0.717, 1.165) is 30.0 Å². The molecule has 0 amide bonds. The maximum atomic E-state index is 5.54. The average molecular weight is 302 g/mol. The van der Waals surface area contributed by atoms with Gasteiger partial charge in [0.25, 0.3) is 0 Å². The fourth-order valence-electron chi connectivity index (χ4n) is 3.06. The number of para-hydroxylation sites is 1. The summed E-state index contributed by atoms with van der Waals surface area (Å²) >= 11 is 0. The highest BCUT2D eigenvalue weighted by atomic mass is 16.3. The van der Waals surface area contributed by atoms with E-state index >= 15 is 0 Å². The van der Waals surface area contributed by atoms with Gasteiger partial charge in [0.1, 0.15) is 11.5 Å². The van der Waals surface area contributed by atoms with Crippen LogP contribution < -0.4 is 5.01 Å². The van der Waals surface area contributed by atoms with E-state index in [1.54, 1.807) is 6.26 Å². The van der Waals surface area contributed by atoms with E-state index in [1.165, 1.54) is 5.56 Å². The van der Waals surface area contributed by atoms with E-state index in [1.807, 2.05) is 30.3 Å². The molecule has 0 saturated heterocycles. The molecule has 0 bridgehead atoms. The SMILES string of the molecule is c1ccc(C2CCC(c3ccco3)=NN2c2ccccc2)cc1. The van der Waals surface area contributed by atoms with Crippen molar-refractivity contribution in [3.63, 3.8) is 0 Å². The van der Waals surface area contributed by atoms with Gasteiger partial charge >= 0.3 is 0 Å². The van der Waals surface area contributed by atoms with Gasteiger partial charge in [-0.2, -0.15) is 5.10 Å². The van der Waals surface area contributed by atoms with E-state index in [9.17, 15) is 0 Å². The Morgan fingerprint density at radius 1 is 0.870 bits per heavy atom. The van der Waals surface area contributed by atoms with Crippen LogP contribution in [0, 0.1) is 0 Å². The van der Waals surface area contributed by atoms with Crippen LogP contribution in [0.5, 0.6) is 0 Å². The third-order valence-electron chi connectivity index (χ3n) is 4.19. The van der Waals surface area contributed by atoms with Gasteiger partial charge in [0, 0.05) is 0 Å². The maximum Gasteiger partial charge on any atom is 0.149 e. The molecule has 2 aromatic carbocycles. The molecule has 23 heavy (non-hydrogen) atoms. The van der Waals surface area contributed by atoms with Crippen LogP contribution in [0.2, 0.25) is 0 Å². The lowest BCUT2D eigenvalue weighted by molar-refractivity contribution is 0.535. The van der Waals surface area contributed by atoms with Gasteiger partial charge in [0.15, 0.2) is 0 Å². The molecule has 0 radical (unpaired) electrons. The summed E-state index contributed by atoms with van der Waals surface area (Å²) in [6.07, 6.45) is 3.63. The summed E-state index contributed by atoms with van der Waals surface area (Å²) in [7, 11) is 0. The van der Waals surface area contributed by atoms with Crippen molar-refractivity contribution < 1.29 is 4.42 Å². The second-order valence-electron chi connectivity index (χ2n) is 5.67. The Kier molecular flexibility index (Phi) is 3.68. The van der Waals surface area contributed by atoms with Crippen LogP contribution in [-0.2, 0) is 0 Å². The minimum atomic E-state index is 0.248. The molecule has 0 fully saturated rings. The van der Waals surface area contributed by atoms with Gasteiger partial charge in [-0.1, -0.05) is 48.5 Å². The molecule has 4 rings (SSSR count). The molecule has 0 saturated carbocycles. The van der Waals surface area contributed by atoms with Crippen molar-refractivity contribution in [1.29, 1.82) is 0 Å². The third-order valence-corrected chi connectivity index (χ3v) is 4.19. The first-order chi connectivity index (χ1) is 11.4. The monoisotopic (exact) mass is 302 g/mol. The van der Waals surface area contributed by atoms with Crippen molar-refractivity contribution in [2.45, 2.75) is 18.9 Å². The highest BCUT2D eigenvalue weighted by molar-refractivity contribution is 5.99. The second kappa shape index (κ2) is 6.13. The third kappa shape index (κ3) is 2.78. The Balaban J connectivity index is 1.76. The lowest BCUT2D eigenvalue weighted by atomic mass is 9.97. The number of nitrogens with zero attached hydrogens (tertiary/aromatic N) is 2. The number of hydrogen-bond acceptors (Lipinski definition) is 3. The molecule has 1 aromatic heterocycles. The maximum absolute atomic E-state index is 5.54. The average Bonchev–Trinajstić information content (AvgIpc) is 3.17. The largest absolute Gasteiger partial charge is 0.463 e. The summed E-state index contributed by atoms with van der Waals surface area (Å²) in [5.41, 5.74) is 3.40. The number of anilines is 1. The summed E-state index contributed by atoms with van der Waals surface area (Å²) in [6.45, 7) is 0. The Bertz CT molecular complexity index is 779. The normalized spacial score (nSPS) is 17.8. The predicted octanol–water partition coefficient (Wildman–Crippen LogP) is 5.03. The van der Waals surface area contributed by atoms with Crippen molar-refractivity contribution in [2.24, 2.45) is 5.10 Å². The Morgan fingerprint density at radius 2 is 1.61 bits per heavy atom. The first-order valence-corrected chi connectivity index (χ1v) is 7.92. The van der Waals surface area contributed by atoms with Gasteiger partial charge in [-0.3, -0.25) is 5.01 Å². The Labute approximate surface area is 135 Å². The van der Waals surface area contributed by atoms with Gasteiger partial charge < -0.3 is 4.42 Å². The van der Waals surface area contributed by atoms with Crippen LogP contribution in [0.4, 0.5) is 5.69 Å². The van der Waals surface area contributed by atoms with E-state index in [2.05, 4.69) is 47.5 Å². The molecule has 0 N–H and O–H groups in total. The standard InChI is InChI=1S/C20H18N2O/c1-3-8-16(9-4-1)19-14-13-18(20-12-7-15-23-20)21-22(19)17-10-5-2-6-11-17/h1-12,15,19H,13-14H2. The van der Waals surface area contributed by atoms with Crippen molar-refractivity contribution in [2.75, 3.05) is 5.01 Å². The molecule has 1 aliphatic rings. The van der Waals surface area contributed by atoms with E-state index in [0.29, 0.717) is 0 Å². The van der Waals surface area contributed by atoms with Crippen molar-refractivity contribution in [3.05, 3.63) is 90.4 Å². The number of benzene rings is 2. The van der Waals surface area contributed by atoms with Crippen LogP contribution in [-0.4, -0.2) is 5.71 Å². The molecule has 114 valence electrons. The highest BCUT2D eigenvalue weighted by Crippen LogP contribution is 2.35. The Morgan fingerprint density at radius 3 is 2.30 bits per heavy atom. The van der Waals surface area contributed by atoms with Crippen molar-refractivity contribution >= 4 is 11.4 Å². The second-order valence-corrected chi connectivity index (χ2v) is 5.67. The van der Waals surface area contributed by atoms with Crippen LogP contribution in [0.1, 0.15) is 30.2 Å². The fourth-order valence-corrected chi connectivity index (χ4v) is 3.06. The van der Waals surface area contributed by atoms with Crippen LogP contribution in [0.25, 0.3) is 0 Å². The Hall–Kier alpha value is -2.81. The quantitative estimate of drug-likeness (QED) is 0.679. The topological polar surface area (TPSA) is 28.7 Å². The van der Waals surface area contributed by atoms with Crippen LogP contribution >= 0.6 is 0 Å². The van der Waals surface area contributed by atoms with E-state index in [-0.39, 0.29) is 6.04 Å². The molecule has 3 aromatic rings. The van der Waals surface area contributed by atoms with E-state index < -0.39 is 0 Å². The lowest BCUT2D eigenvalue weighted by Gasteiger charge is -2.34. The first kappa shape index (κ1) is 13.8. The molecule has 0 spiro atoms. The minimum Gasteiger partial charge on any atom is -0.463 e. The van der Waals surface area contributed by atoms with Gasteiger partial charge in [0.2, 0.25) is 0 Å². The van der Waals surface area contributed by atoms with E-state index in [4.69, 9.17) is 9.52 Å². The molecule has 1 atom stereocenters. The lowest BCUT2D eigenvalue weighted by Crippen LogP contribution is -2.30. The van der Waals surface area contributed by atoms with Gasteiger partial charge in [-0.15, -0.1) is 0 Å². The van der Waals surface area contributed by atoms with Crippen LogP contribution in [0.3, 0.4) is 0 Å². The number of furan rings is 1. The van der Waals surface area contributed by atoms with Crippen LogP contribution in [0.15, 0.2) is 88.6 Å². The molecule has 1 aliphatic heterocycles. The molecular weight excluding hydrogens is 284 g/mol. The fraction of sp³-hybridized carbons (Fsp3) is 0.150. The zero-order valence-electron chi connectivity index (χ0n) is 12.8. The summed E-state index contributed by atoms with van der Waals surface area (Å²) in [5.74, 6) is 0.859. The highest BCUT2D eigenvalue weighted by Gasteiger charge is 2.27. The summed E-state index contributed by atoms with van der Waals surface area (Å²) in [4.78, 5) is 0. The summed E-state index contributed by atoms with van der Waals surface area (Å²) in [5, 5.41) is 7.03.